The lowest BCUT2D eigenvalue weighted by atomic mass is 10.2. The molecule has 2 rings (SSSR count). The Hall–Kier alpha value is -1.04. The Morgan fingerprint density at radius 2 is 1.94 bits per heavy atom. The van der Waals surface area contributed by atoms with Gasteiger partial charge in [0.2, 0.25) is 0 Å². The van der Waals surface area contributed by atoms with E-state index in [-0.39, 0.29) is 17.5 Å². The van der Waals surface area contributed by atoms with Gasteiger partial charge in [0.1, 0.15) is 5.15 Å². The molecule has 0 atom stereocenters. The summed E-state index contributed by atoms with van der Waals surface area (Å²) in [6.45, 7) is 0. The van der Waals surface area contributed by atoms with Gasteiger partial charge in [-0.25, -0.2) is 4.68 Å². The first-order chi connectivity index (χ1) is 7.95. The number of carbonyl (C=O) groups excluding carboxylic acids is 1. The summed E-state index contributed by atoms with van der Waals surface area (Å²) in [6, 6.07) is -0.128. The number of aromatic nitrogens is 2. The maximum Gasteiger partial charge on any atom is 0.435 e. The van der Waals surface area contributed by atoms with Gasteiger partial charge < -0.3 is 0 Å². The Morgan fingerprint density at radius 1 is 1.35 bits per heavy atom. The molecule has 94 valence electrons. The number of carbonyl (C=O) groups is 1. The standard InChI is InChI=1S/C10H10ClF3N2O/c11-9-7(5-17)8(10(12,13)14)15-16(9)6-3-1-2-4-6/h5-6H,1-4H2. The summed E-state index contributed by atoms with van der Waals surface area (Å²) in [5.41, 5.74) is -1.75. The van der Waals surface area contributed by atoms with Gasteiger partial charge in [-0.3, -0.25) is 4.79 Å². The Labute approximate surface area is 101 Å². The maximum atomic E-state index is 12.6. The zero-order valence-electron chi connectivity index (χ0n) is 8.80. The first-order valence-corrected chi connectivity index (χ1v) is 5.63. The molecule has 0 radical (unpaired) electrons. The molecular weight excluding hydrogens is 257 g/mol. The van der Waals surface area contributed by atoms with Gasteiger partial charge in [-0.1, -0.05) is 24.4 Å². The van der Waals surface area contributed by atoms with E-state index in [1.165, 1.54) is 0 Å². The number of hydrogen-bond donors (Lipinski definition) is 0. The summed E-state index contributed by atoms with van der Waals surface area (Å²) in [6.07, 6.45) is -1.15. The van der Waals surface area contributed by atoms with Crippen LogP contribution in [0.25, 0.3) is 0 Å². The molecule has 0 amide bonds. The van der Waals surface area contributed by atoms with Crippen LogP contribution in [0.5, 0.6) is 0 Å². The van der Waals surface area contributed by atoms with Gasteiger partial charge in [0.25, 0.3) is 0 Å². The predicted octanol–water partition coefficient (Wildman–Crippen LogP) is 3.48. The third-order valence-electron chi connectivity index (χ3n) is 2.94. The quantitative estimate of drug-likeness (QED) is 0.768. The lowest BCUT2D eigenvalue weighted by Crippen LogP contribution is -2.11. The zero-order chi connectivity index (χ0) is 12.6. The van der Waals surface area contributed by atoms with Crippen molar-refractivity contribution in [3.63, 3.8) is 0 Å². The molecule has 0 bridgehead atoms. The van der Waals surface area contributed by atoms with Gasteiger partial charge in [-0.15, -0.1) is 0 Å². The molecule has 1 aliphatic rings. The molecule has 1 aromatic rings. The average molecular weight is 267 g/mol. The van der Waals surface area contributed by atoms with E-state index in [2.05, 4.69) is 5.10 Å². The molecule has 0 spiro atoms. The highest BCUT2D eigenvalue weighted by atomic mass is 35.5. The molecule has 0 aliphatic heterocycles. The monoisotopic (exact) mass is 266 g/mol. The fourth-order valence-corrected chi connectivity index (χ4v) is 2.44. The first-order valence-electron chi connectivity index (χ1n) is 5.25. The highest BCUT2D eigenvalue weighted by Gasteiger charge is 2.40. The number of alkyl halides is 3. The van der Waals surface area contributed by atoms with Crippen molar-refractivity contribution < 1.29 is 18.0 Å². The van der Waals surface area contributed by atoms with E-state index in [9.17, 15) is 18.0 Å². The predicted molar refractivity (Wildman–Crippen MR) is 55.1 cm³/mol. The second-order valence-corrected chi connectivity index (χ2v) is 4.41. The lowest BCUT2D eigenvalue weighted by Gasteiger charge is -2.10. The Balaban J connectivity index is 2.48. The fraction of sp³-hybridized carbons (Fsp3) is 0.600. The van der Waals surface area contributed by atoms with Gasteiger partial charge in [-0.2, -0.15) is 18.3 Å². The van der Waals surface area contributed by atoms with Crippen molar-refractivity contribution in [2.24, 2.45) is 0 Å². The molecule has 1 aromatic heterocycles. The summed E-state index contributed by atoms with van der Waals surface area (Å²) < 4.78 is 39.0. The van der Waals surface area contributed by atoms with E-state index in [4.69, 9.17) is 11.6 Å². The second kappa shape index (κ2) is 4.33. The molecule has 17 heavy (non-hydrogen) atoms. The molecular formula is C10H10ClF3N2O. The second-order valence-electron chi connectivity index (χ2n) is 4.05. The van der Waals surface area contributed by atoms with E-state index in [0.717, 1.165) is 30.4 Å². The van der Waals surface area contributed by atoms with Crippen molar-refractivity contribution in [1.82, 2.24) is 9.78 Å². The molecule has 0 aromatic carbocycles. The van der Waals surface area contributed by atoms with Gasteiger partial charge in [0.05, 0.1) is 11.6 Å². The molecule has 1 heterocycles. The van der Waals surface area contributed by atoms with Crippen LogP contribution in [-0.4, -0.2) is 16.1 Å². The van der Waals surface area contributed by atoms with Crippen molar-refractivity contribution in [3.05, 3.63) is 16.4 Å². The van der Waals surface area contributed by atoms with Crippen LogP contribution in [0, 0.1) is 0 Å². The minimum Gasteiger partial charge on any atom is -0.298 e. The maximum absolute atomic E-state index is 12.6. The lowest BCUT2D eigenvalue weighted by molar-refractivity contribution is -0.141. The van der Waals surface area contributed by atoms with Crippen molar-refractivity contribution >= 4 is 17.9 Å². The van der Waals surface area contributed by atoms with E-state index in [0.29, 0.717) is 0 Å². The molecule has 7 heteroatoms. The molecule has 0 N–H and O–H groups in total. The van der Waals surface area contributed by atoms with Crippen molar-refractivity contribution in [2.45, 2.75) is 37.9 Å². The highest BCUT2D eigenvalue weighted by Crippen LogP contribution is 2.38. The van der Waals surface area contributed by atoms with Gasteiger partial charge in [0, 0.05) is 0 Å². The van der Waals surface area contributed by atoms with E-state index < -0.39 is 17.4 Å². The fourth-order valence-electron chi connectivity index (χ4n) is 2.13. The van der Waals surface area contributed by atoms with Crippen LogP contribution in [0.15, 0.2) is 0 Å². The zero-order valence-corrected chi connectivity index (χ0v) is 9.55. The summed E-state index contributed by atoms with van der Waals surface area (Å²) >= 11 is 5.78. The SMILES string of the molecule is O=Cc1c(C(F)(F)F)nn(C2CCCC2)c1Cl. The summed E-state index contributed by atoms with van der Waals surface area (Å²) in [4.78, 5) is 10.7. The van der Waals surface area contributed by atoms with E-state index in [1.807, 2.05) is 0 Å². The van der Waals surface area contributed by atoms with Crippen molar-refractivity contribution in [3.8, 4) is 0 Å². The van der Waals surface area contributed by atoms with Gasteiger partial charge in [0.15, 0.2) is 12.0 Å². The van der Waals surface area contributed by atoms with Crippen LogP contribution < -0.4 is 0 Å². The van der Waals surface area contributed by atoms with E-state index in [1.54, 1.807) is 0 Å². The van der Waals surface area contributed by atoms with Crippen LogP contribution in [0.3, 0.4) is 0 Å². The number of rotatable bonds is 2. The summed E-state index contributed by atoms with van der Waals surface area (Å²) in [7, 11) is 0. The van der Waals surface area contributed by atoms with Crippen LogP contribution in [-0.2, 0) is 6.18 Å². The van der Waals surface area contributed by atoms with E-state index >= 15 is 0 Å². The highest BCUT2D eigenvalue weighted by molar-refractivity contribution is 6.32. The van der Waals surface area contributed by atoms with Crippen LogP contribution in [0.1, 0.15) is 47.8 Å². The molecule has 3 nitrogen and oxygen atoms in total. The largest absolute Gasteiger partial charge is 0.435 e. The van der Waals surface area contributed by atoms with Crippen LogP contribution in [0.4, 0.5) is 13.2 Å². The Bertz CT molecular complexity index is 435. The van der Waals surface area contributed by atoms with Gasteiger partial charge in [-0.05, 0) is 12.8 Å². The number of aldehydes is 1. The summed E-state index contributed by atoms with van der Waals surface area (Å²) in [5, 5.41) is 3.25. The molecule has 1 fully saturated rings. The van der Waals surface area contributed by atoms with Crippen LogP contribution in [0.2, 0.25) is 5.15 Å². The third kappa shape index (κ3) is 2.18. The minimum absolute atomic E-state index is 0.115. The topological polar surface area (TPSA) is 34.9 Å². The van der Waals surface area contributed by atoms with Crippen molar-refractivity contribution in [1.29, 1.82) is 0 Å². The molecule has 0 unspecified atom stereocenters. The Morgan fingerprint density at radius 3 is 2.35 bits per heavy atom. The van der Waals surface area contributed by atoms with Gasteiger partial charge >= 0.3 is 6.18 Å². The first kappa shape index (κ1) is 12.4. The number of halogens is 4. The smallest absolute Gasteiger partial charge is 0.298 e. The minimum atomic E-state index is -4.65. The molecule has 0 saturated heterocycles. The number of hydrogen-bond acceptors (Lipinski definition) is 2. The number of nitrogens with zero attached hydrogens (tertiary/aromatic N) is 2. The molecule has 1 saturated carbocycles. The van der Waals surface area contributed by atoms with Crippen LogP contribution >= 0.6 is 11.6 Å². The molecule has 1 aliphatic carbocycles. The Kier molecular flexibility index (Phi) is 3.16. The normalized spacial score (nSPS) is 17.6. The summed E-state index contributed by atoms with van der Waals surface area (Å²) in [5.74, 6) is 0. The average Bonchev–Trinajstić information content (AvgIpc) is 2.82. The van der Waals surface area contributed by atoms with Crippen molar-refractivity contribution in [2.75, 3.05) is 0 Å². The third-order valence-corrected chi connectivity index (χ3v) is 3.32.